The van der Waals surface area contributed by atoms with Crippen LogP contribution in [0.2, 0.25) is 5.02 Å². The second-order valence-corrected chi connectivity index (χ2v) is 9.55. The molecule has 0 aliphatic carbocycles. The minimum Gasteiger partial charge on any atom is -0.463 e. The number of carbonyl (C=O) groups is 2. The number of anilines is 1. The zero-order chi connectivity index (χ0) is 22.6. The maximum atomic E-state index is 13.7. The van der Waals surface area contributed by atoms with Gasteiger partial charge in [0.15, 0.2) is 4.80 Å². The maximum Gasteiger partial charge on any atom is 0.338 e. The molecule has 0 saturated carbocycles. The van der Waals surface area contributed by atoms with E-state index < -0.39 is 12.0 Å². The average Bonchev–Trinajstić information content (AvgIpc) is 3.45. The van der Waals surface area contributed by atoms with Crippen molar-refractivity contribution in [2.75, 3.05) is 11.9 Å². The van der Waals surface area contributed by atoms with Crippen molar-refractivity contribution in [1.29, 1.82) is 0 Å². The Morgan fingerprint density at radius 1 is 1.31 bits per heavy atom. The molecule has 2 aliphatic rings. The standard InChI is InChI=1S/C22H16ClN3O4S2/c1-3-30-21(29)15-10(2)24-22-26(17(15)14-5-4-8-31-14)20(28)18(32-22)16-12-9-11(23)6-7-13(12)25-19(16)27/h4-9,17H,3H2,1-2H3,(H,25,27)/b18-16-/t17-/m0/s1. The Labute approximate surface area is 194 Å². The third-order valence-electron chi connectivity index (χ3n) is 5.26. The fraction of sp³-hybridized carbons (Fsp3) is 0.182. The summed E-state index contributed by atoms with van der Waals surface area (Å²) in [6, 6.07) is 8.09. The number of ether oxygens (including phenoxy) is 1. The van der Waals surface area contributed by atoms with Crippen LogP contribution >= 0.6 is 34.3 Å². The first-order valence-electron chi connectivity index (χ1n) is 9.77. The van der Waals surface area contributed by atoms with Crippen LogP contribution in [0.5, 0.6) is 0 Å². The van der Waals surface area contributed by atoms with Crippen molar-refractivity contribution in [2.45, 2.75) is 19.9 Å². The predicted molar refractivity (Wildman–Crippen MR) is 124 cm³/mol. The first-order chi connectivity index (χ1) is 15.4. The third-order valence-corrected chi connectivity index (χ3v) is 7.47. The zero-order valence-corrected chi connectivity index (χ0v) is 19.4. The summed E-state index contributed by atoms with van der Waals surface area (Å²) in [6.07, 6.45) is 0. The Balaban J connectivity index is 1.82. The number of carbonyl (C=O) groups excluding carboxylic acids is 2. The Kier molecular flexibility index (Phi) is 5.11. The molecule has 0 spiro atoms. The van der Waals surface area contributed by atoms with Gasteiger partial charge in [-0.1, -0.05) is 29.0 Å². The number of hydrogen-bond acceptors (Lipinski definition) is 7. The molecule has 1 N–H and O–H groups in total. The number of aromatic nitrogens is 1. The van der Waals surface area contributed by atoms with Gasteiger partial charge in [0.1, 0.15) is 10.6 Å². The highest BCUT2D eigenvalue weighted by molar-refractivity contribution is 7.10. The lowest BCUT2D eigenvalue weighted by Gasteiger charge is -2.23. The van der Waals surface area contributed by atoms with Gasteiger partial charge >= 0.3 is 5.97 Å². The van der Waals surface area contributed by atoms with Crippen LogP contribution < -0.4 is 20.2 Å². The molecular formula is C22H16ClN3O4S2. The highest BCUT2D eigenvalue weighted by Gasteiger charge is 2.35. The summed E-state index contributed by atoms with van der Waals surface area (Å²) >= 11 is 8.71. The Bertz CT molecular complexity index is 1500. The average molecular weight is 486 g/mol. The van der Waals surface area contributed by atoms with Gasteiger partial charge in [0.05, 0.1) is 23.5 Å². The Morgan fingerprint density at radius 2 is 2.12 bits per heavy atom. The minimum atomic E-state index is -0.678. The molecule has 2 aromatic heterocycles. The fourth-order valence-electron chi connectivity index (χ4n) is 3.92. The summed E-state index contributed by atoms with van der Waals surface area (Å²) in [4.78, 5) is 45.1. The van der Waals surface area contributed by atoms with E-state index in [-0.39, 0.29) is 28.2 Å². The van der Waals surface area contributed by atoms with E-state index in [0.29, 0.717) is 32.3 Å². The summed E-state index contributed by atoms with van der Waals surface area (Å²) in [5.41, 5.74) is 1.84. The number of fused-ring (bicyclic) bond motifs is 2. The van der Waals surface area contributed by atoms with Gasteiger partial charge in [-0.2, -0.15) is 0 Å². The van der Waals surface area contributed by atoms with Gasteiger partial charge in [0.25, 0.3) is 11.5 Å². The third kappa shape index (κ3) is 3.16. The van der Waals surface area contributed by atoms with E-state index >= 15 is 0 Å². The first-order valence-corrected chi connectivity index (χ1v) is 11.8. The lowest BCUT2D eigenvalue weighted by molar-refractivity contribution is -0.139. The van der Waals surface area contributed by atoms with Crippen LogP contribution in [0.3, 0.4) is 0 Å². The number of allylic oxidation sites excluding steroid dienone is 1. The monoisotopic (exact) mass is 485 g/mol. The number of esters is 1. The number of nitrogens with one attached hydrogen (secondary N) is 1. The van der Waals surface area contributed by atoms with Crippen molar-refractivity contribution in [3.05, 3.63) is 82.1 Å². The first kappa shape index (κ1) is 20.9. The van der Waals surface area contributed by atoms with Gasteiger partial charge in [0, 0.05) is 21.2 Å². The van der Waals surface area contributed by atoms with E-state index in [0.717, 1.165) is 16.2 Å². The summed E-state index contributed by atoms with van der Waals surface area (Å²) in [7, 11) is 0. The summed E-state index contributed by atoms with van der Waals surface area (Å²) in [5, 5.41) is 5.13. The van der Waals surface area contributed by atoms with Crippen molar-refractivity contribution < 1.29 is 14.3 Å². The molecule has 162 valence electrons. The van der Waals surface area contributed by atoms with Gasteiger partial charge in [-0.3, -0.25) is 14.2 Å². The van der Waals surface area contributed by atoms with Crippen molar-refractivity contribution in [3.8, 4) is 0 Å². The summed E-state index contributed by atoms with van der Waals surface area (Å²) in [5.74, 6) is -0.887. The molecule has 3 aromatic rings. The Hall–Kier alpha value is -3.01. The van der Waals surface area contributed by atoms with E-state index in [1.165, 1.54) is 15.9 Å². The molecule has 1 aromatic carbocycles. The molecule has 0 unspecified atom stereocenters. The number of rotatable bonds is 3. The Morgan fingerprint density at radius 3 is 2.84 bits per heavy atom. The number of thiophene rings is 1. The van der Waals surface area contributed by atoms with E-state index in [9.17, 15) is 14.4 Å². The SMILES string of the molecule is CCOC(=O)C1=C(C)N=c2s/c(=C3\C(=O)Nc4ccc(Cl)cc43)c(=O)n2[C@H]1c1cccs1. The molecular weight excluding hydrogens is 470 g/mol. The van der Waals surface area contributed by atoms with E-state index in [1.54, 1.807) is 32.0 Å². The van der Waals surface area contributed by atoms with Gasteiger partial charge in [-0.05, 0) is 43.5 Å². The summed E-state index contributed by atoms with van der Waals surface area (Å²) < 4.78 is 7.00. The number of hydrogen-bond donors (Lipinski definition) is 1. The lowest BCUT2D eigenvalue weighted by atomic mass is 10.0. The van der Waals surface area contributed by atoms with Gasteiger partial charge in [0.2, 0.25) is 0 Å². The molecule has 7 nitrogen and oxygen atoms in total. The topological polar surface area (TPSA) is 89.8 Å². The zero-order valence-electron chi connectivity index (χ0n) is 17.0. The van der Waals surface area contributed by atoms with Crippen molar-refractivity contribution in [3.63, 3.8) is 0 Å². The van der Waals surface area contributed by atoms with E-state index in [2.05, 4.69) is 10.3 Å². The van der Waals surface area contributed by atoms with Crippen LogP contribution in [-0.4, -0.2) is 23.1 Å². The second kappa shape index (κ2) is 7.84. The molecule has 0 bridgehead atoms. The summed E-state index contributed by atoms with van der Waals surface area (Å²) in [6.45, 7) is 3.66. The van der Waals surface area contributed by atoms with E-state index in [4.69, 9.17) is 16.3 Å². The minimum absolute atomic E-state index is 0.207. The lowest BCUT2D eigenvalue weighted by Crippen LogP contribution is -2.40. The molecule has 0 saturated heterocycles. The second-order valence-electron chi connectivity index (χ2n) is 7.16. The van der Waals surface area contributed by atoms with Crippen molar-refractivity contribution >= 4 is 57.4 Å². The van der Waals surface area contributed by atoms with Crippen molar-refractivity contribution in [2.24, 2.45) is 4.99 Å². The number of thiazole rings is 1. The predicted octanol–water partition coefficient (Wildman–Crippen LogP) is 2.84. The molecule has 32 heavy (non-hydrogen) atoms. The molecule has 5 rings (SSSR count). The normalized spacial score (nSPS) is 18.7. The molecule has 0 fully saturated rings. The number of amides is 1. The van der Waals surface area contributed by atoms with Crippen LogP contribution in [0.15, 0.2) is 56.8 Å². The number of halogens is 1. The molecule has 1 amide bonds. The highest BCUT2D eigenvalue weighted by atomic mass is 35.5. The number of benzene rings is 1. The fourth-order valence-corrected chi connectivity index (χ4v) is 6.06. The van der Waals surface area contributed by atoms with Gasteiger partial charge in [-0.25, -0.2) is 9.79 Å². The molecule has 1 atom stereocenters. The molecule has 4 heterocycles. The molecule has 10 heteroatoms. The highest BCUT2D eigenvalue weighted by Crippen LogP contribution is 2.34. The van der Waals surface area contributed by atoms with Gasteiger partial charge in [-0.15, -0.1) is 11.3 Å². The van der Waals surface area contributed by atoms with Crippen LogP contribution in [0.4, 0.5) is 5.69 Å². The molecule has 0 radical (unpaired) electrons. The maximum absolute atomic E-state index is 13.7. The van der Waals surface area contributed by atoms with Crippen LogP contribution in [-0.2, 0) is 14.3 Å². The quantitative estimate of drug-likeness (QED) is 0.578. The largest absolute Gasteiger partial charge is 0.463 e. The van der Waals surface area contributed by atoms with Crippen LogP contribution in [0, 0.1) is 0 Å². The van der Waals surface area contributed by atoms with Crippen LogP contribution in [0.25, 0.3) is 5.57 Å². The van der Waals surface area contributed by atoms with E-state index in [1.807, 2.05) is 17.5 Å². The molecule has 2 aliphatic heterocycles. The van der Waals surface area contributed by atoms with Crippen molar-refractivity contribution in [1.82, 2.24) is 4.57 Å². The number of nitrogens with zero attached hydrogens (tertiary/aromatic N) is 2. The van der Waals surface area contributed by atoms with Gasteiger partial charge < -0.3 is 10.1 Å². The smallest absolute Gasteiger partial charge is 0.338 e. The van der Waals surface area contributed by atoms with Crippen LogP contribution in [0.1, 0.15) is 30.3 Å².